The molecule has 0 atom stereocenters. The molecular weight excluding hydrogens is 198 g/mol. The monoisotopic (exact) mass is 225 g/mol. The number of ether oxygens (including phenoxy) is 1. The second-order valence-corrected chi connectivity index (χ2v) is 5.63. The van der Waals surface area contributed by atoms with Gasteiger partial charge in [-0.25, -0.2) is 0 Å². The minimum atomic E-state index is 0.176. The van der Waals surface area contributed by atoms with Crippen molar-refractivity contribution in [3.8, 4) is 0 Å². The third-order valence-electron chi connectivity index (χ3n) is 4.03. The Morgan fingerprint density at radius 2 is 1.81 bits per heavy atom. The van der Waals surface area contributed by atoms with Crippen LogP contribution in [0.3, 0.4) is 0 Å². The second-order valence-electron chi connectivity index (χ2n) is 5.63. The van der Waals surface area contributed by atoms with Crippen molar-refractivity contribution in [2.75, 3.05) is 19.7 Å². The first-order valence-electron chi connectivity index (χ1n) is 7.19. The molecule has 2 aliphatic carbocycles. The Bertz CT molecular complexity index is 193. The van der Waals surface area contributed by atoms with Crippen LogP contribution < -0.4 is 5.32 Å². The molecule has 0 saturated heterocycles. The van der Waals surface area contributed by atoms with Crippen molar-refractivity contribution in [2.45, 2.75) is 63.9 Å². The van der Waals surface area contributed by atoms with E-state index in [1.165, 1.54) is 51.4 Å². The summed E-state index contributed by atoms with van der Waals surface area (Å²) in [7, 11) is 0. The zero-order valence-electron chi connectivity index (χ0n) is 10.8. The minimum Gasteiger partial charge on any atom is -0.373 e. The molecular formula is C14H27NO. The summed E-state index contributed by atoms with van der Waals surface area (Å²) in [6, 6.07) is 0. The van der Waals surface area contributed by atoms with Crippen LogP contribution in [0.1, 0.15) is 58.3 Å². The standard InChI is InChI=1S/C14H27NO/c1-2-15-12-14(16-11-13-7-8-13)9-5-3-4-6-10-14/h13,15H,2-12H2,1H3. The first-order valence-corrected chi connectivity index (χ1v) is 7.19. The lowest BCUT2D eigenvalue weighted by Gasteiger charge is -2.33. The van der Waals surface area contributed by atoms with Crippen LogP contribution in [0.15, 0.2) is 0 Å². The summed E-state index contributed by atoms with van der Waals surface area (Å²) in [5.41, 5.74) is 0.176. The largest absolute Gasteiger partial charge is 0.373 e. The van der Waals surface area contributed by atoms with Gasteiger partial charge in [0.1, 0.15) is 0 Å². The van der Waals surface area contributed by atoms with Crippen LogP contribution in [0.25, 0.3) is 0 Å². The van der Waals surface area contributed by atoms with E-state index in [9.17, 15) is 0 Å². The number of likely N-dealkylation sites (N-methyl/N-ethyl adjacent to an activating group) is 1. The maximum Gasteiger partial charge on any atom is 0.0806 e. The molecule has 1 N–H and O–H groups in total. The first-order chi connectivity index (χ1) is 7.85. The van der Waals surface area contributed by atoms with Gasteiger partial charge in [-0.3, -0.25) is 0 Å². The van der Waals surface area contributed by atoms with E-state index in [1.807, 2.05) is 0 Å². The van der Waals surface area contributed by atoms with Crippen LogP contribution in [0.5, 0.6) is 0 Å². The molecule has 2 aliphatic rings. The van der Waals surface area contributed by atoms with Crippen molar-refractivity contribution in [3.63, 3.8) is 0 Å². The number of nitrogens with one attached hydrogen (secondary N) is 1. The van der Waals surface area contributed by atoms with Crippen molar-refractivity contribution >= 4 is 0 Å². The van der Waals surface area contributed by atoms with E-state index < -0.39 is 0 Å². The van der Waals surface area contributed by atoms with Gasteiger partial charge in [-0.05, 0) is 38.1 Å². The van der Waals surface area contributed by atoms with Crippen LogP contribution in [0.2, 0.25) is 0 Å². The fourth-order valence-corrected chi connectivity index (χ4v) is 2.68. The Morgan fingerprint density at radius 3 is 2.38 bits per heavy atom. The van der Waals surface area contributed by atoms with Crippen molar-refractivity contribution in [1.82, 2.24) is 5.32 Å². The second kappa shape index (κ2) is 6.02. The molecule has 0 aliphatic heterocycles. The molecule has 2 nitrogen and oxygen atoms in total. The summed E-state index contributed by atoms with van der Waals surface area (Å²) in [5.74, 6) is 0.891. The quantitative estimate of drug-likeness (QED) is 0.701. The molecule has 0 aromatic rings. The highest BCUT2D eigenvalue weighted by Gasteiger charge is 2.33. The average Bonchev–Trinajstić information content (AvgIpc) is 3.12. The molecule has 0 unspecified atom stereocenters. The van der Waals surface area contributed by atoms with Gasteiger partial charge >= 0.3 is 0 Å². The Hall–Kier alpha value is -0.0800. The predicted octanol–water partition coefficient (Wildman–Crippen LogP) is 3.12. The van der Waals surface area contributed by atoms with E-state index in [0.717, 1.165) is 25.6 Å². The van der Waals surface area contributed by atoms with Crippen molar-refractivity contribution < 1.29 is 4.74 Å². The van der Waals surface area contributed by atoms with Gasteiger partial charge in [-0.1, -0.05) is 32.6 Å². The summed E-state index contributed by atoms with van der Waals surface area (Å²) >= 11 is 0. The van der Waals surface area contributed by atoms with Gasteiger partial charge in [-0.2, -0.15) is 0 Å². The SMILES string of the molecule is CCNCC1(OCC2CC2)CCCCCC1. The highest BCUT2D eigenvalue weighted by Crippen LogP contribution is 2.35. The van der Waals surface area contributed by atoms with E-state index in [4.69, 9.17) is 4.74 Å². The molecule has 2 fully saturated rings. The average molecular weight is 225 g/mol. The number of rotatable bonds is 6. The van der Waals surface area contributed by atoms with Gasteiger partial charge in [0.15, 0.2) is 0 Å². The van der Waals surface area contributed by atoms with Crippen LogP contribution >= 0.6 is 0 Å². The Labute approximate surface area is 100 Å². The topological polar surface area (TPSA) is 21.3 Å². The summed E-state index contributed by atoms with van der Waals surface area (Å²) < 4.78 is 6.31. The molecule has 0 aromatic heterocycles. The molecule has 2 saturated carbocycles. The summed E-state index contributed by atoms with van der Waals surface area (Å²) in [6.07, 6.45) is 10.9. The van der Waals surface area contributed by atoms with Gasteiger partial charge in [0.25, 0.3) is 0 Å². The fourth-order valence-electron chi connectivity index (χ4n) is 2.68. The van der Waals surface area contributed by atoms with E-state index in [0.29, 0.717) is 0 Å². The molecule has 0 radical (unpaired) electrons. The fraction of sp³-hybridized carbons (Fsp3) is 1.00. The van der Waals surface area contributed by atoms with Crippen LogP contribution in [0.4, 0.5) is 0 Å². The Kier molecular flexibility index (Phi) is 4.66. The van der Waals surface area contributed by atoms with Crippen molar-refractivity contribution in [2.24, 2.45) is 5.92 Å². The summed E-state index contributed by atoms with van der Waals surface area (Å²) in [6.45, 7) is 5.33. The first kappa shape index (κ1) is 12.4. The molecule has 16 heavy (non-hydrogen) atoms. The predicted molar refractivity (Wildman–Crippen MR) is 67.7 cm³/mol. The van der Waals surface area contributed by atoms with Crippen LogP contribution in [0, 0.1) is 5.92 Å². The van der Waals surface area contributed by atoms with E-state index in [1.54, 1.807) is 0 Å². The lowest BCUT2D eigenvalue weighted by atomic mass is 9.94. The van der Waals surface area contributed by atoms with Crippen LogP contribution in [-0.2, 0) is 4.74 Å². The lowest BCUT2D eigenvalue weighted by Crippen LogP contribution is -2.43. The zero-order chi connectivity index (χ0) is 11.3. The third kappa shape index (κ3) is 3.74. The third-order valence-corrected chi connectivity index (χ3v) is 4.03. The molecule has 94 valence electrons. The molecule has 2 rings (SSSR count). The maximum atomic E-state index is 6.31. The highest BCUT2D eigenvalue weighted by molar-refractivity contribution is 4.87. The van der Waals surface area contributed by atoms with E-state index in [-0.39, 0.29) is 5.60 Å². The van der Waals surface area contributed by atoms with Gasteiger partial charge in [-0.15, -0.1) is 0 Å². The van der Waals surface area contributed by atoms with Gasteiger partial charge in [0, 0.05) is 6.54 Å². The molecule has 0 aromatic carbocycles. The van der Waals surface area contributed by atoms with Crippen molar-refractivity contribution in [1.29, 1.82) is 0 Å². The molecule has 0 heterocycles. The Morgan fingerprint density at radius 1 is 1.12 bits per heavy atom. The highest BCUT2D eigenvalue weighted by atomic mass is 16.5. The maximum absolute atomic E-state index is 6.31. The van der Waals surface area contributed by atoms with Gasteiger partial charge in [0.05, 0.1) is 12.2 Å². The molecule has 0 bridgehead atoms. The smallest absolute Gasteiger partial charge is 0.0806 e. The summed E-state index contributed by atoms with van der Waals surface area (Å²) in [4.78, 5) is 0. The van der Waals surface area contributed by atoms with E-state index >= 15 is 0 Å². The van der Waals surface area contributed by atoms with Crippen molar-refractivity contribution in [3.05, 3.63) is 0 Å². The zero-order valence-corrected chi connectivity index (χ0v) is 10.8. The minimum absolute atomic E-state index is 0.176. The summed E-state index contributed by atoms with van der Waals surface area (Å²) in [5, 5.41) is 3.51. The molecule has 0 amide bonds. The van der Waals surface area contributed by atoms with Gasteiger partial charge in [0.2, 0.25) is 0 Å². The number of hydrogen-bond acceptors (Lipinski definition) is 2. The normalized spacial score (nSPS) is 25.3. The molecule has 2 heteroatoms. The lowest BCUT2D eigenvalue weighted by molar-refractivity contribution is -0.0593. The van der Waals surface area contributed by atoms with E-state index in [2.05, 4.69) is 12.2 Å². The number of hydrogen-bond donors (Lipinski definition) is 1. The Balaban J connectivity index is 1.85. The molecule has 0 spiro atoms. The van der Waals surface area contributed by atoms with Gasteiger partial charge < -0.3 is 10.1 Å². The van der Waals surface area contributed by atoms with Crippen LogP contribution in [-0.4, -0.2) is 25.3 Å².